The van der Waals surface area contributed by atoms with Crippen LogP contribution in [-0.4, -0.2) is 45.8 Å². The molecule has 1 amide bonds. The maximum absolute atomic E-state index is 11.9. The lowest BCUT2D eigenvalue weighted by Gasteiger charge is -2.24. The highest BCUT2D eigenvalue weighted by atomic mass is 32.1. The quantitative estimate of drug-likeness (QED) is 0.919. The first-order valence-electron chi connectivity index (χ1n) is 6.88. The Morgan fingerprint density at radius 2 is 2.40 bits per heavy atom. The third-order valence-corrected chi connectivity index (χ3v) is 3.64. The summed E-state index contributed by atoms with van der Waals surface area (Å²) in [6.07, 6.45) is 0.811. The largest absolute Gasteiger partial charge is 0.444 e. The number of ether oxygens (including phenoxy) is 1. The van der Waals surface area contributed by atoms with Crippen LogP contribution in [0.4, 0.5) is 4.79 Å². The molecule has 0 radical (unpaired) electrons. The van der Waals surface area contributed by atoms with Crippen LogP contribution in [0.3, 0.4) is 0 Å². The molecule has 7 heteroatoms. The number of nitrogens with one attached hydrogen (secondary N) is 1. The Morgan fingerprint density at radius 1 is 1.60 bits per heavy atom. The van der Waals surface area contributed by atoms with Crippen molar-refractivity contribution in [2.75, 3.05) is 19.6 Å². The van der Waals surface area contributed by atoms with Gasteiger partial charge in [-0.3, -0.25) is 0 Å². The molecule has 20 heavy (non-hydrogen) atoms. The van der Waals surface area contributed by atoms with Gasteiger partial charge < -0.3 is 15.0 Å². The van der Waals surface area contributed by atoms with E-state index in [2.05, 4.69) is 14.9 Å². The van der Waals surface area contributed by atoms with Gasteiger partial charge in [0.25, 0.3) is 0 Å². The minimum absolute atomic E-state index is 0.205. The van der Waals surface area contributed by atoms with Crippen LogP contribution in [0.1, 0.15) is 32.9 Å². The maximum Gasteiger partial charge on any atom is 0.410 e. The van der Waals surface area contributed by atoms with Gasteiger partial charge in [-0.2, -0.15) is 0 Å². The highest BCUT2D eigenvalue weighted by Gasteiger charge is 2.29. The number of rotatable bonds is 4. The lowest BCUT2D eigenvalue weighted by atomic mass is 10.1. The summed E-state index contributed by atoms with van der Waals surface area (Å²) in [5.41, 5.74) is 0.544. The van der Waals surface area contributed by atoms with E-state index < -0.39 is 5.60 Å². The standard InChI is InChI=1S/C13H22N4O2S/c1-13(2,3)19-12(18)17-5-4-10(8-17)6-14-7-11-9-20-16-15-11/h9-10,14H,4-8H2,1-3H3/t10-/m0/s1. The molecular formula is C13H22N4O2S. The van der Waals surface area contributed by atoms with Gasteiger partial charge in [-0.1, -0.05) is 4.49 Å². The van der Waals surface area contributed by atoms with Crippen molar-refractivity contribution in [3.05, 3.63) is 11.1 Å². The second-order valence-electron chi connectivity index (χ2n) is 6.11. The number of amides is 1. The highest BCUT2D eigenvalue weighted by molar-refractivity contribution is 7.03. The molecule has 0 saturated carbocycles. The molecule has 6 nitrogen and oxygen atoms in total. The predicted octanol–water partition coefficient (Wildman–Crippen LogP) is 1.88. The van der Waals surface area contributed by atoms with Gasteiger partial charge in [0, 0.05) is 31.6 Å². The average Bonchev–Trinajstić information content (AvgIpc) is 2.97. The molecule has 2 heterocycles. The van der Waals surface area contributed by atoms with Gasteiger partial charge in [-0.05, 0) is 44.6 Å². The van der Waals surface area contributed by atoms with Crippen molar-refractivity contribution in [3.8, 4) is 0 Å². The van der Waals surface area contributed by atoms with Gasteiger partial charge in [0.15, 0.2) is 0 Å². The smallest absolute Gasteiger partial charge is 0.410 e. The number of hydrogen-bond acceptors (Lipinski definition) is 6. The monoisotopic (exact) mass is 298 g/mol. The van der Waals surface area contributed by atoms with Crippen molar-refractivity contribution in [1.29, 1.82) is 0 Å². The highest BCUT2D eigenvalue weighted by Crippen LogP contribution is 2.19. The van der Waals surface area contributed by atoms with Crippen molar-refractivity contribution in [2.45, 2.75) is 39.3 Å². The number of carbonyl (C=O) groups excluding carboxylic acids is 1. The van der Waals surface area contributed by atoms with Crippen LogP contribution in [-0.2, 0) is 11.3 Å². The molecule has 1 aromatic rings. The van der Waals surface area contributed by atoms with Gasteiger partial charge in [-0.25, -0.2) is 4.79 Å². The van der Waals surface area contributed by atoms with Gasteiger partial charge in [-0.15, -0.1) is 5.10 Å². The van der Waals surface area contributed by atoms with E-state index in [1.54, 1.807) is 4.90 Å². The molecular weight excluding hydrogens is 276 g/mol. The van der Waals surface area contributed by atoms with E-state index in [-0.39, 0.29) is 6.09 Å². The van der Waals surface area contributed by atoms with Crippen molar-refractivity contribution in [3.63, 3.8) is 0 Å². The van der Waals surface area contributed by atoms with Crippen molar-refractivity contribution in [1.82, 2.24) is 19.8 Å². The zero-order valence-corrected chi connectivity index (χ0v) is 13.1. The van der Waals surface area contributed by atoms with Crippen LogP contribution in [0.15, 0.2) is 5.38 Å². The summed E-state index contributed by atoms with van der Waals surface area (Å²) in [4.78, 5) is 13.7. The maximum atomic E-state index is 11.9. The molecule has 1 fully saturated rings. The molecule has 0 aliphatic carbocycles. The van der Waals surface area contributed by atoms with Crippen molar-refractivity contribution < 1.29 is 9.53 Å². The summed E-state index contributed by atoms with van der Waals surface area (Å²) in [6.45, 7) is 8.83. The van der Waals surface area contributed by atoms with Gasteiger partial charge in [0.1, 0.15) is 5.60 Å². The summed E-state index contributed by atoms with van der Waals surface area (Å²) in [5, 5.41) is 9.29. The van der Waals surface area contributed by atoms with Crippen molar-refractivity contribution in [2.24, 2.45) is 5.92 Å². The molecule has 0 unspecified atom stereocenters. The number of aromatic nitrogens is 2. The van der Waals surface area contributed by atoms with Crippen LogP contribution in [0, 0.1) is 5.92 Å². The van der Waals surface area contributed by atoms with E-state index in [0.29, 0.717) is 5.92 Å². The Hall–Kier alpha value is -1.21. The summed E-state index contributed by atoms with van der Waals surface area (Å²) in [6, 6.07) is 0. The van der Waals surface area contributed by atoms with E-state index in [0.717, 1.165) is 38.3 Å². The molecule has 1 aliphatic heterocycles. The van der Waals surface area contributed by atoms with E-state index in [1.807, 2.05) is 26.2 Å². The molecule has 1 saturated heterocycles. The molecule has 2 rings (SSSR count). The Morgan fingerprint density at radius 3 is 3.05 bits per heavy atom. The first kappa shape index (κ1) is 15.2. The van der Waals surface area contributed by atoms with Gasteiger partial charge in [0.2, 0.25) is 0 Å². The number of likely N-dealkylation sites (tertiary alicyclic amines) is 1. The predicted molar refractivity (Wildman–Crippen MR) is 77.5 cm³/mol. The SMILES string of the molecule is CC(C)(C)OC(=O)N1CC[C@@H](CNCc2csnn2)C1. The molecule has 0 bridgehead atoms. The fraction of sp³-hybridized carbons (Fsp3) is 0.769. The van der Waals surface area contributed by atoms with Gasteiger partial charge >= 0.3 is 6.09 Å². The number of hydrogen-bond donors (Lipinski definition) is 1. The first-order chi connectivity index (χ1) is 9.44. The van der Waals surface area contributed by atoms with Crippen LogP contribution >= 0.6 is 11.5 Å². The molecule has 1 atom stereocenters. The van der Waals surface area contributed by atoms with E-state index in [1.165, 1.54) is 11.5 Å². The Balaban J connectivity index is 1.68. The van der Waals surface area contributed by atoms with E-state index in [9.17, 15) is 4.79 Å². The fourth-order valence-electron chi connectivity index (χ4n) is 2.16. The van der Waals surface area contributed by atoms with E-state index in [4.69, 9.17) is 4.74 Å². The minimum atomic E-state index is -0.426. The minimum Gasteiger partial charge on any atom is -0.444 e. The topological polar surface area (TPSA) is 67.3 Å². The van der Waals surface area contributed by atoms with E-state index >= 15 is 0 Å². The zero-order chi connectivity index (χ0) is 14.6. The van der Waals surface area contributed by atoms with Gasteiger partial charge in [0.05, 0.1) is 5.69 Å². The zero-order valence-electron chi connectivity index (χ0n) is 12.3. The second kappa shape index (κ2) is 6.49. The first-order valence-corrected chi connectivity index (χ1v) is 7.72. The molecule has 112 valence electrons. The lowest BCUT2D eigenvalue weighted by molar-refractivity contribution is 0.0288. The Labute approximate surface area is 123 Å². The number of carbonyl (C=O) groups is 1. The molecule has 1 aliphatic rings. The third-order valence-electron chi connectivity index (χ3n) is 3.08. The summed E-state index contributed by atoms with van der Waals surface area (Å²) < 4.78 is 9.21. The third kappa shape index (κ3) is 4.72. The molecule has 0 spiro atoms. The Kier molecular flexibility index (Phi) is 4.93. The molecule has 1 aromatic heterocycles. The second-order valence-corrected chi connectivity index (χ2v) is 6.72. The molecule has 1 N–H and O–H groups in total. The Bertz CT molecular complexity index is 430. The van der Waals surface area contributed by atoms with Crippen LogP contribution in [0.25, 0.3) is 0 Å². The summed E-state index contributed by atoms with van der Waals surface area (Å²) in [5.74, 6) is 0.481. The van der Waals surface area contributed by atoms with Crippen LogP contribution < -0.4 is 5.32 Å². The van der Waals surface area contributed by atoms with Crippen LogP contribution in [0.2, 0.25) is 0 Å². The normalized spacial score (nSPS) is 19.4. The summed E-state index contributed by atoms with van der Waals surface area (Å²) >= 11 is 1.36. The van der Waals surface area contributed by atoms with Crippen molar-refractivity contribution >= 4 is 17.6 Å². The summed E-state index contributed by atoms with van der Waals surface area (Å²) in [7, 11) is 0. The lowest BCUT2D eigenvalue weighted by Crippen LogP contribution is -2.36. The molecule has 0 aromatic carbocycles. The number of nitrogens with zero attached hydrogens (tertiary/aromatic N) is 3. The fourth-order valence-corrected chi connectivity index (χ4v) is 2.61. The van der Waals surface area contributed by atoms with Crippen LogP contribution in [0.5, 0.6) is 0 Å². The average molecular weight is 298 g/mol.